The third kappa shape index (κ3) is 5.22. The molecule has 34 heavy (non-hydrogen) atoms. The molecule has 1 aromatic heterocycles. The molecule has 0 saturated heterocycles. The number of nitrogens with zero attached hydrogens (tertiary/aromatic N) is 3. The van der Waals surface area contributed by atoms with Crippen LogP contribution in [-0.4, -0.2) is 27.0 Å². The van der Waals surface area contributed by atoms with E-state index in [1.54, 1.807) is 43.3 Å². The molecule has 0 radical (unpaired) electrons. The van der Waals surface area contributed by atoms with Crippen molar-refractivity contribution in [1.82, 2.24) is 9.66 Å². The molecule has 172 valence electrons. The lowest BCUT2D eigenvalue weighted by Gasteiger charge is -2.12. The lowest BCUT2D eigenvalue weighted by Crippen LogP contribution is -2.20. The Hall–Kier alpha value is -3.01. The van der Waals surface area contributed by atoms with Crippen molar-refractivity contribution in [2.75, 3.05) is 0 Å². The molecular formula is C24H16Br2ClN3O4. The maximum atomic E-state index is 13.0. The quantitative estimate of drug-likeness (QED) is 0.271. The largest absolute Gasteiger partial charge is 0.487 e. The van der Waals surface area contributed by atoms with E-state index in [0.717, 1.165) is 10.0 Å². The zero-order valence-corrected chi connectivity index (χ0v) is 21.6. The minimum absolute atomic E-state index is 0.186. The van der Waals surface area contributed by atoms with Crippen molar-refractivity contribution in [3.8, 4) is 5.75 Å². The van der Waals surface area contributed by atoms with Gasteiger partial charge in [0, 0.05) is 15.1 Å². The van der Waals surface area contributed by atoms with Crippen molar-refractivity contribution in [1.29, 1.82) is 0 Å². The summed E-state index contributed by atoms with van der Waals surface area (Å²) >= 11 is 13.1. The molecular weight excluding hydrogens is 590 g/mol. The summed E-state index contributed by atoms with van der Waals surface area (Å²) in [6.07, 6.45) is 1.49. The highest BCUT2D eigenvalue weighted by atomic mass is 79.9. The van der Waals surface area contributed by atoms with Crippen LogP contribution in [0.3, 0.4) is 0 Å². The lowest BCUT2D eigenvalue weighted by atomic mass is 10.1. The van der Waals surface area contributed by atoms with Crippen molar-refractivity contribution in [2.45, 2.75) is 13.5 Å². The molecule has 0 atom stereocenters. The van der Waals surface area contributed by atoms with Crippen LogP contribution in [0.2, 0.25) is 5.02 Å². The predicted molar refractivity (Wildman–Crippen MR) is 138 cm³/mol. The zero-order chi connectivity index (χ0) is 24.4. The summed E-state index contributed by atoms with van der Waals surface area (Å²) in [5.74, 6) is -0.0942. The monoisotopic (exact) mass is 603 g/mol. The van der Waals surface area contributed by atoms with Gasteiger partial charge in [0.25, 0.3) is 5.56 Å². The van der Waals surface area contributed by atoms with E-state index in [0.29, 0.717) is 37.5 Å². The standard InChI is InChI=1S/C24H16Br2ClN3O4/c1-13-29-21-7-6-17(25)9-19(21)23(31)30(13)28-11-16-8-18(27)10-20(26)22(16)34-12-14-2-4-15(5-3-14)24(32)33/h2-11H,12H2,1H3,(H,32,33). The summed E-state index contributed by atoms with van der Waals surface area (Å²) in [4.78, 5) is 28.5. The minimum Gasteiger partial charge on any atom is -0.487 e. The van der Waals surface area contributed by atoms with Crippen LogP contribution in [0.4, 0.5) is 0 Å². The maximum Gasteiger partial charge on any atom is 0.335 e. The number of carbonyl (C=O) groups is 1. The number of hydrogen-bond donors (Lipinski definition) is 1. The molecule has 3 aromatic carbocycles. The van der Waals surface area contributed by atoms with E-state index in [4.69, 9.17) is 21.4 Å². The van der Waals surface area contributed by atoms with Crippen LogP contribution < -0.4 is 10.3 Å². The second kappa shape index (κ2) is 10.1. The van der Waals surface area contributed by atoms with Gasteiger partial charge >= 0.3 is 5.97 Å². The first-order valence-corrected chi connectivity index (χ1v) is 11.9. The van der Waals surface area contributed by atoms with Crippen molar-refractivity contribution in [2.24, 2.45) is 5.10 Å². The van der Waals surface area contributed by atoms with E-state index in [1.807, 2.05) is 6.07 Å². The number of halogens is 3. The normalized spacial score (nSPS) is 11.3. The Morgan fingerprint density at radius 1 is 1.18 bits per heavy atom. The Bertz CT molecular complexity index is 1500. The fraction of sp³-hybridized carbons (Fsp3) is 0.0833. The molecule has 4 aromatic rings. The van der Waals surface area contributed by atoms with Gasteiger partial charge in [-0.2, -0.15) is 9.78 Å². The highest BCUT2D eigenvalue weighted by Crippen LogP contribution is 2.32. The third-order valence-electron chi connectivity index (χ3n) is 4.90. The molecule has 1 N–H and O–H groups in total. The van der Waals surface area contributed by atoms with Crippen LogP contribution in [-0.2, 0) is 6.61 Å². The van der Waals surface area contributed by atoms with Crippen LogP contribution in [0, 0.1) is 6.92 Å². The SMILES string of the molecule is Cc1nc2ccc(Br)cc2c(=O)n1N=Cc1cc(Cl)cc(Br)c1OCc1ccc(C(=O)O)cc1. The number of hydrogen-bond acceptors (Lipinski definition) is 5. The number of carboxylic acid groups (broad SMARTS) is 1. The molecule has 0 bridgehead atoms. The number of aromatic carboxylic acids is 1. The molecule has 0 unspecified atom stereocenters. The summed E-state index contributed by atoms with van der Waals surface area (Å²) in [6.45, 7) is 1.89. The van der Waals surface area contributed by atoms with Crippen molar-refractivity contribution in [3.05, 3.63) is 101 Å². The van der Waals surface area contributed by atoms with Gasteiger partial charge in [-0.3, -0.25) is 4.79 Å². The number of benzene rings is 3. The second-order valence-electron chi connectivity index (χ2n) is 7.28. The van der Waals surface area contributed by atoms with Gasteiger partial charge in [0.15, 0.2) is 0 Å². The van der Waals surface area contributed by atoms with Crippen LogP contribution in [0.25, 0.3) is 10.9 Å². The maximum absolute atomic E-state index is 13.0. The fourth-order valence-corrected chi connectivity index (χ4v) is 4.55. The Kier molecular flexibility index (Phi) is 7.16. The summed E-state index contributed by atoms with van der Waals surface area (Å²) < 4.78 is 8.58. The molecule has 10 heteroatoms. The molecule has 7 nitrogen and oxygen atoms in total. The Morgan fingerprint density at radius 3 is 2.62 bits per heavy atom. The average Bonchev–Trinajstić information content (AvgIpc) is 2.79. The van der Waals surface area contributed by atoms with Crippen molar-refractivity contribution >= 4 is 66.5 Å². The van der Waals surface area contributed by atoms with E-state index >= 15 is 0 Å². The summed E-state index contributed by atoms with van der Waals surface area (Å²) in [5, 5.41) is 14.3. The van der Waals surface area contributed by atoms with E-state index < -0.39 is 5.97 Å². The zero-order valence-electron chi connectivity index (χ0n) is 17.6. The minimum atomic E-state index is -0.993. The topological polar surface area (TPSA) is 93.8 Å². The fourth-order valence-electron chi connectivity index (χ4n) is 3.24. The first-order chi connectivity index (χ1) is 16.2. The Balaban J connectivity index is 1.67. The van der Waals surface area contributed by atoms with Gasteiger partial charge in [0.05, 0.1) is 27.2 Å². The molecule has 4 rings (SSSR count). The van der Waals surface area contributed by atoms with Gasteiger partial charge in [-0.25, -0.2) is 9.78 Å². The number of ether oxygens (including phenoxy) is 1. The molecule has 0 spiro atoms. The van der Waals surface area contributed by atoms with Gasteiger partial charge < -0.3 is 9.84 Å². The molecule has 0 aliphatic carbocycles. The van der Waals surface area contributed by atoms with Gasteiger partial charge in [0.2, 0.25) is 0 Å². The van der Waals surface area contributed by atoms with Crippen LogP contribution >= 0.6 is 43.5 Å². The highest BCUT2D eigenvalue weighted by Gasteiger charge is 2.12. The average molecular weight is 606 g/mol. The van der Waals surface area contributed by atoms with Gasteiger partial charge in [-0.1, -0.05) is 39.7 Å². The molecule has 0 aliphatic rings. The van der Waals surface area contributed by atoms with Crippen LogP contribution in [0.15, 0.2) is 73.4 Å². The van der Waals surface area contributed by atoms with Gasteiger partial charge in [-0.05, 0) is 70.9 Å². The molecule has 0 aliphatic heterocycles. The molecule has 0 saturated carbocycles. The predicted octanol–water partition coefficient (Wildman–Crippen LogP) is 6.04. The van der Waals surface area contributed by atoms with E-state index in [9.17, 15) is 9.59 Å². The molecule has 1 heterocycles. The number of carboxylic acids is 1. The van der Waals surface area contributed by atoms with Gasteiger partial charge in [-0.15, -0.1) is 0 Å². The van der Waals surface area contributed by atoms with Crippen LogP contribution in [0.5, 0.6) is 5.75 Å². The summed E-state index contributed by atoms with van der Waals surface area (Å²) in [6, 6.07) is 15.1. The Morgan fingerprint density at radius 2 is 1.91 bits per heavy atom. The van der Waals surface area contributed by atoms with Gasteiger partial charge in [0.1, 0.15) is 18.2 Å². The lowest BCUT2D eigenvalue weighted by molar-refractivity contribution is 0.0697. The number of aromatic nitrogens is 2. The van der Waals surface area contributed by atoms with Crippen molar-refractivity contribution in [3.63, 3.8) is 0 Å². The first kappa shape index (κ1) is 24.1. The second-order valence-corrected chi connectivity index (χ2v) is 9.49. The van der Waals surface area contributed by atoms with Crippen molar-refractivity contribution < 1.29 is 14.6 Å². The Labute approximate surface area is 215 Å². The van der Waals surface area contributed by atoms with E-state index in [-0.39, 0.29) is 17.7 Å². The van der Waals surface area contributed by atoms with E-state index in [2.05, 4.69) is 41.9 Å². The highest BCUT2D eigenvalue weighted by molar-refractivity contribution is 9.10. The molecule has 0 fully saturated rings. The van der Waals surface area contributed by atoms with E-state index in [1.165, 1.54) is 23.0 Å². The number of fused-ring (bicyclic) bond motifs is 1. The summed E-state index contributed by atoms with van der Waals surface area (Å²) in [5.41, 5.74) is 1.80. The van der Waals surface area contributed by atoms with Crippen LogP contribution in [0.1, 0.15) is 27.3 Å². The third-order valence-corrected chi connectivity index (χ3v) is 6.20. The first-order valence-electron chi connectivity index (χ1n) is 9.90. The number of aryl methyl sites for hydroxylation is 1. The summed E-state index contributed by atoms with van der Waals surface area (Å²) in [7, 11) is 0. The smallest absolute Gasteiger partial charge is 0.335 e. The molecule has 0 amide bonds. The number of rotatable bonds is 6.